The van der Waals surface area contributed by atoms with Crippen LogP contribution in [0.1, 0.15) is 10.4 Å². The van der Waals surface area contributed by atoms with E-state index < -0.39 is 0 Å². The fourth-order valence-electron chi connectivity index (χ4n) is 2.38. The molecule has 23 heavy (non-hydrogen) atoms. The Morgan fingerprint density at radius 2 is 1.78 bits per heavy atom. The molecule has 1 aliphatic heterocycles. The molecule has 0 bridgehead atoms. The van der Waals surface area contributed by atoms with Crippen molar-refractivity contribution >= 4 is 40.5 Å². The van der Waals surface area contributed by atoms with Gasteiger partial charge in [0.15, 0.2) is 0 Å². The minimum Gasteiger partial charge on any atom is -0.378 e. The molecule has 5 nitrogen and oxygen atoms in total. The van der Waals surface area contributed by atoms with Crippen molar-refractivity contribution in [1.82, 2.24) is 4.98 Å². The zero-order valence-electron chi connectivity index (χ0n) is 12.3. The Kier molecular flexibility index (Phi) is 5.00. The van der Waals surface area contributed by atoms with Gasteiger partial charge < -0.3 is 15.0 Å². The predicted molar refractivity (Wildman–Crippen MR) is 91.7 cm³/mol. The van der Waals surface area contributed by atoms with Gasteiger partial charge in [0.05, 0.1) is 30.7 Å². The Morgan fingerprint density at radius 3 is 2.48 bits per heavy atom. The Labute approximate surface area is 144 Å². The lowest BCUT2D eigenvalue weighted by atomic mass is 10.2. The third-order valence-corrected chi connectivity index (χ3v) is 3.92. The molecular weight excluding hydrogens is 337 g/mol. The van der Waals surface area contributed by atoms with Crippen LogP contribution < -0.4 is 10.2 Å². The number of rotatable bonds is 3. The second kappa shape index (κ2) is 7.17. The quantitative estimate of drug-likeness (QED) is 0.919. The molecular formula is C16H15Cl2N3O2. The Hall–Kier alpha value is -1.82. The molecule has 0 aliphatic carbocycles. The van der Waals surface area contributed by atoms with E-state index in [4.69, 9.17) is 27.9 Å². The lowest BCUT2D eigenvalue weighted by Gasteiger charge is -2.28. The first-order valence-electron chi connectivity index (χ1n) is 7.17. The summed E-state index contributed by atoms with van der Waals surface area (Å²) in [5, 5.41) is 3.71. The lowest BCUT2D eigenvalue weighted by molar-refractivity contribution is 0.102. The van der Waals surface area contributed by atoms with Gasteiger partial charge in [-0.1, -0.05) is 23.2 Å². The Morgan fingerprint density at radius 1 is 1.09 bits per heavy atom. The van der Waals surface area contributed by atoms with Crippen molar-refractivity contribution < 1.29 is 9.53 Å². The number of benzene rings is 1. The lowest BCUT2D eigenvalue weighted by Crippen LogP contribution is -2.36. The van der Waals surface area contributed by atoms with Gasteiger partial charge in [0.1, 0.15) is 0 Å². The minimum atomic E-state index is -0.258. The molecule has 1 aromatic heterocycles. The van der Waals surface area contributed by atoms with Crippen molar-refractivity contribution in [2.75, 3.05) is 36.5 Å². The maximum Gasteiger partial charge on any atom is 0.257 e. The van der Waals surface area contributed by atoms with E-state index in [0.29, 0.717) is 34.5 Å². The fraction of sp³-hybridized carbons (Fsp3) is 0.250. The maximum absolute atomic E-state index is 12.4. The number of ether oxygens (including phenoxy) is 1. The summed E-state index contributed by atoms with van der Waals surface area (Å²) in [6.45, 7) is 2.93. The number of nitrogens with one attached hydrogen (secondary N) is 1. The van der Waals surface area contributed by atoms with Gasteiger partial charge in [-0.25, -0.2) is 0 Å². The predicted octanol–water partition coefficient (Wildman–Crippen LogP) is 3.48. The van der Waals surface area contributed by atoms with Crippen molar-refractivity contribution in [3.8, 4) is 0 Å². The standard InChI is InChI=1S/C16H15Cl2N3O2/c17-12-6-13(18)8-14(7-12)20-16(22)11-5-15(10-19-9-11)21-1-3-23-4-2-21/h5-10H,1-4H2,(H,20,22). The molecule has 1 N–H and O–H groups in total. The van der Waals surface area contributed by atoms with Crippen molar-refractivity contribution in [3.63, 3.8) is 0 Å². The van der Waals surface area contributed by atoms with Crippen LogP contribution >= 0.6 is 23.2 Å². The maximum atomic E-state index is 12.4. The molecule has 0 radical (unpaired) electrons. The van der Waals surface area contributed by atoms with Gasteiger partial charge in [-0.05, 0) is 24.3 Å². The molecule has 0 saturated carbocycles. The molecule has 1 saturated heterocycles. The second-order valence-corrected chi connectivity index (χ2v) is 6.02. The average molecular weight is 352 g/mol. The van der Waals surface area contributed by atoms with Crippen molar-refractivity contribution in [2.24, 2.45) is 0 Å². The van der Waals surface area contributed by atoms with Gasteiger partial charge >= 0.3 is 0 Å². The molecule has 7 heteroatoms. The molecule has 120 valence electrons. The van der Waals surface area contributed by atoms with E-state index in [1.165, 1.54) is 6.20 Å². The summed E-state index contributed by atoms with van der Waals surface area (Å²) < 4.78 is 5.33. The number of morpholine rings is 1. The van der Waals surface area contributed by atoms with E-state index in [0.717, 1.165) is 18.8 Å². The highest BCUT2D eigenvalue weighted by Crippen LogP contribution is 2.23. The van der Waals surface area contributed by atoms with Crippen molar-refractivity contribution in [3.05, 3.63) is 52.3 Å². The van der Waals surface area contributed by atoms with Gasteiger partial charge in [0, 0.05) is 35.0 Å². The number of carbonyl (C=O) groups excluding carboxylic acids is 1. The smallest absolute Gasteiger partial charge is 0.257 e. The molecule has 0 spiro atoms. The number of hydrogen-bond acceptors (Lipinski definition) is 4. The number of hydrogen-bond donors (Lipinski definition) is 1. The van der Waals surface area contributed by atoms with Crippen molar-refractivity contribution in [1.29, 1.82) is 0 Å². The molecule has 1 fully saturated rings. The molecule has 0 unspecified atom stereocenters. The van der Waals surface area contributed by atoms with E-state index in [9.17, 15) is 4.79 Å². The van der Waals surface area contributed by atoms with E-state index in [-0.39, 0.29) is 5.91 Å². The molecule has 0 atom stereocenters. The van der Waals surface area contributed by atoms with Crippen LogP contribution in [0.2, 0.25) is 10.0 Å². The normalized spacial score (nSPS) is 14.6. The zero-order valence-corrected chi connectivity index (χ0v) is 13.8. The average Bonchev–Trinajstić information content (AvgIpc) is 2.55. The van der Waals surface area contributed by atoms with Gasteiger partial charge in [-0.15, -0.1) is 0 Å². The summed E-state index contributed by atoms with van der Waals surface area (Å²) in [6.07, 6.45) is 3.28. The Balaban J connectivity index is 1.76. The summed E-state index contributed by atoms with van der Waals surface area (Å²) >= 11 is 11.9. The number of halogens is 2. The molecule has 1 aromatic carbocycles. The summed E-state index contributed by atoms with van der Waals surface area (Å²) in [5.41, 5.74) is 1.93. The summed E-state index contributed by atoms with van der Waals surface area (Å²) in [5.74, 6) is -0.258. The Bertz CT molecular complexity index is 698. The number of nitrogens with zero attached hydrogens (tertiary/aromatic N) is 2. The number of pyridine rings is 1. The number of anilines is 2. The van der Waals surface area contributed by atoms with E-state index >= 15 is 0 Å². The van der Waals surface area contributed by atoms with Gasteiger partial charge in [0.2, 0.25) is 0 Å². The fourth-order valence-corrected chi connectivity index (χ4v) is 2.90. The first-order valence-corrected chi connectivity index (χ1v) is 7.92. The summed E-state index contributed by atoms with van der Waals surface area (Å²) in [4.78, 5) is 18.7. The van der Waals surface area contributed by atoms with Crippen LogP contribution in [0.5, 0.6) is 0 Å². The van der Waals surface area contributed by atoms with Crippen LogP contribution in [0.15, 0.2) is 36.7 Å². The largest absolute Gasteiger partial charge is 0.378 e. The van der Waals surface area contributed by atoms with E-state index in [1.54, 1.807) is 24.4 Å². The molecule has 2 aromatic rings. The highest BCUT2D eigenvalue weighted by atomic mass is 35.5. The summed E-state index contributed by atoms with van der Waals surface area (Å²) in [7, 11) is 0. The van der Waals surface area contributed by atoms with E-state index in [1.807, 2.05) is 6.07 Å². The number of carbonyl (C=O) groups is 1. The van der Waals surface area contributed by atoms with Crippen LogP contribution in [-0.2, 0) is 4.74 Å². The third kappa shape index (κ3) is 4.13. The SMILES string of the molecule is O=C(Nc1cc(Cl)cc(Cl)c1)c1cncc(N2CCOCC2)c1. The first kappa shape index (κ1) is 16.1. The first-order chi connectivity index (χ1) is 11.1. The zero-order chi connectivity index (χ0) is 16.2. The highest BCUT2D eigenvalue weighted by molar-refractivity contribution is 6.35. The van der Waals surface area contributed by atoms with Crippen molar-refractivity contribution in [2.45, 2.75) is 0 Å². The number of amides is 1. The molecule has 2 heterocycles. The van der Waals surface area contributed by atoms with Crippen LogP contribution in [0.3, 0.4) is 0 Å². The van der Waals surface area contributed by atoms with Crippen LogP contribution in [0.25, 0.3) is 0 Å². The molecule has 3 rings (SSSR count). The van der Waals surface area contributed by atoms with Gasteiger partial charge in [-0.2, -0.15) is 0 Å². The van der Waals surface area contributed by atoms with Crippen LogP contribution in [-0.4, -0.2) is 37.2 Å². The van der Waals surface area contributed by atoms with Crippen LogP contribution in [0, 0.1) is 0 Å². The monoisotopic (exact) mass is 351 g/mol. The van der Waals surface area contributed by atoms with Gasteiger partial charge in [-0.3, -0.25) is 9.78 Å². The summed E-state index contributed by atoms with van der Waals surface area (Å²) in [6, 6.07) is 6.72. The second-order valence-electron chi connectivity index (χ2n) is 5.14. The minimum absolute atomic E-state index is 0.258. The van der Waals surface area contributed by atoms with E-state index in [2.05, 4.69) is 15.2 Å². The molecule has 1 amide bonds. The third-order valence-electron chi connectivity index (χ3n) is 3.48. The topological polar surface area (TPSA) is 54.5 Å². The highest BCUT2D eigenvalue weighted by Gasteiger charge is 2.14. The van der Waals surface area contributed by atoms with Crippen LogP contribution in [0.4, 0.5) is 11.4 Å². The van der Waals surface area contributed by atoms with Gasteiger partial charge in [0.25, 0.3) is 5.91 Å². The number of aromatic nitrogens is 1. The molecule has 1 aliphatic rings.